The van der Waals surface area contributed by atoms with Crippen molar-refractivity contribution in [3.8, 4) is 0 Å². The zero-order valence-electron chi connectivity index (χ0n) is 15.7. The Bertz CT molecular complexity index is 819. The number of nitrogens with two attached hydrogens (primary N) is 1. The number of benzene rings is 2. The largest absolute Gasteiger partial charge is 0.443 e. The fourth-order valence-electron chi connectivity index (χ4n) is 4.78. The van der Waals surface area contributed by atoms with Crippen LogP contribution in [0.3, 0.4) is 0 Å². The molecule has 0 bridgehead atoms. The van der Waals surface area contributed by atoms with Crippen LogP contribution in [0.4, 0.5) is 10.5 Å². The summed E-state index contributed by atoms with van der Waals surface area (Å²) in [5.41, 5.74) is 7.87. The van der Waals surface area contributed by atoms with Crippen LogP contribution in [0.25, 0.3) is 0 Å². The predicted octanol–water partition coefficient (Wildman–Crippen LogP) is 3.85. The normalized spacial score (nSPS) is 27.7. The highest BCUT2D eigenvalue weighted by molar-refractivity contribution is 5.71. The van der Waals surface area contributed by atoms with Crippen LogP contribution in [0, 0.1) is 0 Å². The molecule has 4 rings (SSSR count). The smallest absolute Gasteiger partial charge is 0.410 e. The van der Waals surface area contributed by atoms with Crippen molar-refractivity contribution >= 4 is 11.8 Å². The number of hydrogen-bond acceptors (Lipinski definition) is 4. The van der Waals surface area contributed by atoms with Gasteiger partial charge in [-0.1, -0.05) is 42.5 Å². The number of aliphatic hydroxyl groups excluding tert-OH is 1. The van der Waals surface area contributed by atoms with E-state index in [1.165, 1.54) is 0 Å². The first-order valence-corrected chi connectivity index (χ1v) is 9.48. The molecule has 4 atom stereocenters. The molecule has 2 fully saturated rings. The third-order valence-corrected chi connectivity index (χ3v) is 5.97. The average Bonchev–Trinajstić information content (AvgIpc) is 3.07. The van der Waals surface area contributed by atoms with Gasteiger partial charge in [-0.25, -0.2) is 4.79 Å². The molecule has 3 N–H and O–H groups in total. The summed E-state index contributed by atoms with van der Waals surface area (Å²) >= 11 is 0. The SMILES string of the molecule is CC1(C)OC(=O)N2[C@@H]([C@H](O)c3ccccc3)CC[C@H]2C1c1ccc(N)cc1. The molecule has 1 amide bonds. The lowest BCUT2D eigenvalue weighted by molar-refractivity contribution is -0.0751. The van der Waals surface area contributed by atoms with Gasteiger partial charge >= 0.3 is 6.09 Å². The summed E-state index contributed by atoms with van der Waals surface area (Å²) in [6.07, 6.45) is 0.519. The van der Waals surface area contributed by atoms with E-state index in [1.54, 1.807) is 4.90 Å². The van der Waals surface area contributed by atoms with E-state index in [4.69, 9.17) is 10.5 Å². The van der Waals surface area contributed by atoms with Crippen molar-refractivity contribution < 1.29 is 14.6 Å². The van der Waals surface area contributed by atoms with Crippen LogP contribution in [-0.4, -0.2) is 33.8 Å². The summed E-state index contributed by atoms with van der Waals surface area (Å²) in [7, 11) is 0. The lowest BCUT2D eigenvalue weighted by Crippen LogP contribution is -2.58. The number of hydrogen-bond donors (Lipinski definition) is 2. The average molecular weight is 366 g/mol. The highest BCUT2D eigenvalue weighted by atomic mass is 16.6. The monoisotopic (exact) mass is 366 g/mol. The van der Waals surface area contributed by atoms with Crippen LogP contribution in [-0.2, 0) is 4.74 Å². The van der Waals surface area contributed by atoms with E-state index in [9.17, 15) is 9.90 Å². The fraction of sp³-hybridized carbons (Fsp3) is 0.409. The molecule has 0 saturated carbocycles. The van der Waals surface area contributed by atoms with Crippen LogP contribution in [0.1, 0.15) is 49.8 Å². The van der Waals surface area contributed by atoms with Crippen LogP contribution < -0.4 is 5.73 Å². The number of amides is 1. The number of cyclic esters (lactones) is 1. The lowest BCUT2D eigenvalue weighted by Gasteiger charge is -2.48. The Labute approximate surface area is 159 Å². The number of aliphatic hydroxyl groups is 1. The maximum Gasteiger partial charge on any atom is 0.410 e. The molecule has 1 unspecified atom stereocenters. The van der Waals surface area contributed by atoms with Gasteiger partial charge in [0.2, 0.25) is 0 Å². The van der Waals surface area contributed by atoms with Gasteiger partial charge in [-0.3, -0.25) is 4.90 Å². The molecule has 0 aliphatic carbocycles. The van der Waals surface area contributed by atoms with Crippen molar-refractivity contribution in [1.82, 2.24) is 4.90 Å². The Hall–Kier alpha value is -2.53. The molecule has 2 aliphatic heterocycles. The fourth-order valence-corrected chi connectivity index (χ4v) is 4.78. The molecular weight excluding hydrogens is 340 g/mol. The second-order valence-corrected chi connectivity index (χ2v) is 8.09. The first kappa shape index (κ1) is 17.9. The minimum Gasteiger partial charge on any atom is -0.443 e. The van der Waals surface area contributed by atoms with Gasteiger partial charge in [0.1, 0.15) is 5.60 Å². The van der Waals surface area contributed by atoms with E-state index in [0.29, 0.717) is 5.69 Å². The number of rotatable bonds is 3. The summed E-state index contributed by atoms with van der Waals surface area (Å²) in [5, 5.41) is 10.9. The Kier molecular flexibility index (Phi) is 4.35. The van der Waals surface area contributed by atoms with Gasteiger partial charge in [0.25, 0.3) is 0 Å². The molecule has 0 aromatic heterocycles. The molecule has 2 aliphatic rings. The van der Waals surface area contributed by atoms with E-state index in [2.05, 4.69) is 0 Å². The van der Waals surface area contributed by atoms with Gasteiger partial charge in [0.05, 0.1) is 12.1 Å². The zero-order valence-corrected chi connectivity index (χ0v) is 15.7. The molecule has 27 heavy (non-hydrogen) atoms. The molecule has 2 heterocycles. The second-order valence-electron chi connectivity index (χ2n) is 8.09. The molecule has 142 valence electrons. The van der Waals surface area contributed by atoms with Gasteiger partial charge in [-0.05, 0) is 49.9 Å². The topological polar surface area (TPSA) is 75.8 Å². The molecule has 5 heteroatoms. The maximum atomic E-state index is 12.8. The molecule has 2 saturated heterocycles. The van der Waals surface area contributed by atoms with Crippen molar-refractivity contribution in [2.75, 3.05) is 5.73 Å². The van der Waals surface area contributed by atoms with E-state index in [0.717, 1.165) is 24.0 Å². The third kappa shape index (κ3) is 3.06. The number of ether oxygens (including phenoxy) is 1. The van der Waals surface area contributed by atoms with Crippen molar-refractivity contribution in [2.45, 2.75) is 56.4 Å². The minimum absolute atomic E-state index is 0.00626. The van der Waals surface area contributed by atoms with Crippen molar-refractivity contribution in [1.29, 1.82) is 0 Å². The third-order valence-electron chi connectivity index (χ3n) is 5.97. The van der Waals surface area contributed by atoms with Crippen LogP contribution in [0.5, 0.6) is 0 Å². The standard InChI is InChI=1S/C22H26N2O3/c1-22(2)19(14-8-10-16(23)11-9-14)17-12-13-18(24(17)21(26)27-22)20(25)15-6-4-3-5-7-15/h3-11,17-20,25H,12-13,23H2,1-2H3/t17-,18+,19?,20+/m0/s1. The Morgan fingerprint density at radius 3 is 2.44 bits per heavy atom. The number of anilines is 1. The number of carbonyl (C=O) groups is 1. The highest BCUT2D eigenvalue weighted by Crippen LogP contribution is 2.48. The molecule has 5 nitrogen and oxygen atoms in total. The summed E-state index contributed by atoms with van der Waals surface area (Å²) in [5.74, 6) is 0.0174. The van der Waals surface area contributed by atoms with Crippen LogP contribution >= 0.6 is 0 Å². The minimum atomic E-state index is -0.725. The number of nitrogens with zero attached hydrogens (tertiary/aromatic N) is 1. The molecule has 2 aromatic rings. The molecule has 0 spiro atoms. The second kappa shape index (κ2) is 6.57. The highest BCUT2D eigenvalue weighted by Gasteiger charge is 2.55. The predicted molar refractivity (Wildman–Crippen MR) is 104 cm³/mol. The number of carbonyl (C=O) groups excluding carboxylic acids is 1. The Morgan fingerprint density at radius 2 is 1.78 bits per heavy atom. The quantitative estimate of drug-likeness (QED) is 0.809. The number of fused-ring (bicyclic) bond motifs is 1. The van der Waals surface area contributed by atoms with Crippen molar-refractivity contribution in [2.24, 2.45) is 0 Å². The van der Waals surface area contributed by atoms with Gasteiger partial charge in [0, 0.05) is 17.6 Å². The first-order valence-electron chi connectivity index (χ1n) is 9.48. The first-order chi connectivity index (χ1) is 12.9. The Morgan fingerprint density at radius 1 is 1.11 bits per heavy atom. The van der Waals surface area contributed by atoms with Crippen molar-refractivity contribution in [3.63, 3.8) is 0 Å². The molecule has 0 radical (unpaired) electrons. The van der Waals surface area contributed by atoms with Crippen LogP contribution in [0.15, 0.2) is 54.6 Å². The lowest BCUT2D eigenvalue weighted by atomic mass is 9.77. The Balaban J connectivity index is 1.68. The van der Waals surface area contributed by atoms with Gasteiger partial charge in [0.15, 0.2) is 0 Å². The van der Waals surface area contributed by atoms with E-state index < -0.39 is 11.7 Å². The van der Waals surface area contributed by atoms with Gasteiger partial charge in [-0.15, -0.1) is 0 Å². The van der Waals surface area contributed by atoms with Gasteiger partial charge < -0.3 is 15.6 Å². The van der Waals surface area contributed by atoms with Crippen LogP contribution in [0.2, 0.25) is 0 Å². The van der Waals surface area contributed by atoms with E-state index >= 15 is 0 Å². The number of nitrogen functional groups attached to an aromatic ring is 1. The summed E-state index contributed by atoms with van der Waals surface area (Å²) in [4.78, 5) is 14.6. The van der Waals surface area contributed by atoms with E-state index in [1.807, 2.05) is 68.4 Å². The van der Waals surface area contributed by atoms with Gasteiger partial charge in [-0.2, -0.15) is 0 Å². The molecular formula is C22H26N2O3. The summed E-state index contributed by atoms with van der Waals surface area (Å²) < 4.78 is 5.85. The maximum absolute atomic E-state index is 12.8. The van der Waals surface area contributed by atoms with E-state index in [-0.39, 0.29) is 24.1 Å². The van der Waals surface area contributed by atoms with Crippen molar-refractivity contribution in [3.05, 3.63) is 65.7 Å². The molecule has 2 aromatic carbocycles. The zero-order chi connectivity index (χ0) is 19.2. The summed E-state index contributed by atoms with van der Waals surface area (Å²) in [6.45, 7) is 3.93. The summed E-state index contributed by atoms with van der Waals surface area (Å²) in [6, 6.07) is 17.0.